The third-order valence-electron chi connectivity index (χ3n) is 8.09. The normalized spacial score (nSPS) is 32.1. The number of likely N-dealkylation sites (N-methyl/N-ethyl adjacent to an activating group) is 1. The van der Waals surface area contributed by atoms with Crippen molar-refractivity contribution in [3.8, 4) is 5.75 Å². The minimum absolute atomic E-state index is 0.0468. The number of amides is 1. The number of aromatic hydroxyl groups is 1. The molecular formula is C33H51NO16. The zero-order chi connectivity index (χ0) is 36.5. The molecule has 0 spiro atoms. The number of nitrogens with zero attached hydrogens (tertiary/aromatic N) is 1. The van der Waals surface area contributed by atoms with E-state index in [4.69, 9.17) is 42.6 Å². The molecule has 3 fully saturated rings. The smallest absolute Gasteiger partial charge is 0.338 e. The highest BCUT2D eigenvalue weighted by Crippen LogP contribution is 2.29. The van der Waals surface area contributed by atoms with Crippen LogP contribution < -0.4 is 0 Å². The summed E-state index contributed by atoms with van der Waals surface area (Å²) in [4.78, 5) is 27.9. The second kappa shape index (κ2) is 18.8. The van der Waals surface area contributed by atoms with Crippen molar-refractivity contribution < 1.29 is 77.8 Å². The van der Waals surface area contributed by atoms with E-state index < -0.39 is 91.8 Å². The highest BCUT2D eigenvalue weighted by molar-refractivity contribution is 5.81. The van der Waals surface area contributed by atoms with Crippen LogP contribution in [0.25, 0.3) is 0 Å². The number of phenolic OH excluding ortho intramolecular Hbond substituents is 1. The molecule has 17 heteroatoms. The molecular weight excluding hydrogens is 666 g/mol. The van der Waals surface area contributed by atoms with Gasteiger partial charge in [0, 0.05) is 13.7 Å². The van der Waals surface area contributed by atoms with E-state index in [1.54, 1.807) is 39.8 Å². The van der Waals surface area contributed by atoms with Crippen molar-refractivity contribution in [3.05, 3.63) is 29.8 Å². The minimum Gasteiger partial charge on any atom is -0.508 e. The van der Waals surface area contributed by atoms with Gasteiger partial charge in [-0.25, -0.2) is 4.79 Å². The number of aliphatic hydroxyl groups excluding tert-OH is 4. The fourth-order valence-corrected chi connectivity index (χ4v) is 5.58. The monoisotopic (exact) mass is 717 g/mol. The van der Waals surface area contributed by atoms with Crippen LogP contribution in [0.3, 0.4) is 0 Å². The highest BCUT2D eigenvalue weighted by atomic mass is 16.7. The van der Waals surface area contributed by atoms with Gasteiger partial charge >= 0.3 is 5.97 Å². The molecule has 3 saturated heterocycles. The number of rotatable bonds is 16. The summed E-state index contributed by atoms with van der Waals surface area (Å²) in [5.41, 5.74) is 0.587. The van der Waals surface area contributed by atoms with Gasteiger partial charge in [0.2, 0.25) is 0 Å². The van der Waals surface area contributed by atoms with Crippen LogP contribution >= 0.6 is 0 Å². The summed E-state index contributed by atoms with van der Waals surface area (Å²) in [6.07, 6.45) is -15.6. The average molecular weight is 718 g/mol. The van der Waals surface area contributed by atoms with E-state index in [9.17, 15) is 35.1 Å². The van der Waals surface area contributed by atoms with Crippen LogP contribution in [0.2, 0.25) is 0 Å². The molecule has 0 saturated carbocycles. The Bertz CT molecular complexity index is 1200. The van der Waals surface area contributed by atoms with Crippen molar-refractivity contribution in [1.29, 1.82) is 0 Å². The number of phenols is 1. The van der Waals surface area contributed by atoms with Gasteiger partial charge in [0.25, 0.3) is 5.91 Å². The van der Waals surface area contributed by atoms with Gasteiger partial charge in [0.05, 0.1) is 38.6 Å². The van der Waals surface area contributed by atoms with Gasteiger partial charge in [0.1, 0.15) is 49.0 Å². The lowest BCUT2D eigenvalue weighted by atomic mass is 9.97. The summed E-state index contributed by atoms with van der Waals surface area (Å²) in [6.45, 7) is 7.37. The molecule has 0 aliphatic carbocycles. The zero-order valence-electron chi connectivity index (χ0n) is 28.9. The highest BCUT2D eigenvalue weighted by Gasteiger charge is 2.51. The van der Waals surface area contributed by atoms with Crippen molar-refractivity contribution in [3.63, 3.8) is 0 Å². The molecule has 2 unspecified atom stereocenters. The van der Waals surface area contributed by atoms with Gasteiger partial charge in [-0.15, -0.1) is 0 Å². The predicted molar refractivity (Wildman–Crippen MR) is 169 cm³/mol. The number of esters is 1. The molecule has 50 heavy (non-hydrogen) atoms. The van der Waals surface area contributed by atoms with Crippen LogP contribution in [0.15, 0.2) is 24.3 Å². The minimum atomic E-state index is -1.60. The molecule has 3 heterocycles. The summed E-state index contributed by atoms with van der Waals surface area (Å²) in [6, 6.07) is 6.02. The summed E-state index contributed by atoms with van der Waals surface area (Å²) in [5.74, 6) is -1.36. The van der Waals surface area contributed by atoms with Crippen LogP contribution in [0.1, 0.15) is 39.7 Å². The quantitative estimate of drug-likeness (QED) is 0.104. The van der Waals surface area contributed by atoms with E-state index in [2.05, 4.69) is 0 Å². The SMILES string of the molecule is CC(C)O[C@@H]1OC(C(=O)OCc2ccc(O)cc2)[C@@H](OCCCO[C@@H]2OC(C(=O)N(C)CC3OCCO3)[C@@H](OC(C)C)[C@H](O)[C@@H]2O)[C@H](O)[C@@H]1O. The maximum absolute atomic E-state index is 13.4. The molecule has 0 bridgehead atoms. The van der Waals surface area contributed by atoms with Crippen LogP contribution in [0.5, 0.6) is 5.75 Å². The lowest BCUT2D eigenvalue weighted by Crippen LogP contribution is -2.63. The number of carbonyl (C=O) groups is 2. The standard InChI is InChI=1S/C33H51NO16/c1-17(2)47-27-23(37)24(38)32(49-28(27)30(40)34(5)15-21-42-13-14-43-21)45-12-6-11-44-26-22(36)25(39)33(48-18(3)4)50-29(26)31(41)46-16-19-7-9-20(35)10-8-19/h7-10,17-18,21-29,32-33,35-39H,6,11-16H2,1-5H3/t22-,23-,24+,25+,26+,27+,28?,29?,32-,33-/m1/s1. The topological polar surface area (TPSA) is 222 Å². The predicted octanol–water partition coefficient (Wildman–Crippen LogP) is -0.829. The van der Waals surface area contributed by atoms with Crippen molar-refractivity contribution in [2.24, 2.45) is 0 Å². The van der Waals surface area contributed by atoms with E-state index in [1.165, 1.54) is 24.1 Å². The lowest BCUT2D eigenvalue weighted by molar-refractivity contribution is -0.310. The van der Waals surface area contributed by atoms with Gasteiger partial charge in [-0.3, -0.25) is 4.79 Å². The maximum Gasteiger partial charge on any atom is 0.338 e. The molecule has 3 aliphatic heterocycles. The van der Waals surface area contributed by atoms with E-state index in [1.807, 2.05) is 0 Å². The zero-order valence-corrected chi connectivity index (χ0v) is 28.9. The molecule has 4 rings (SSSR count). The number of carbonyl (C=O) groups excluding carboxylic acids is 2. The summed E-state index contributed by atoms with van der Waals surface area (Å²) in [5, 5.41) is 52.9. The van der Waals surface area contributed by atoms with E-state index in [0.29, 0.717) is 18.8 Å². The molecule has 17 nitrogen and oxygen atoms in total. The first kappa shape index (κ1) is 40.3. The second-order valence-electron chi connectivity index (χ2n) is 12.9. The largest absolute Gasteiger partial charge is 0.508 e. The molecule has 3 aliphatic rings. The van der Waals surface area contributed by atoms with E-state index in [-0.39, 0.29) is 38.5 Å². The molecule has 1 aromatic carbocycles. The van der Waals surface area contributed by atoms with Crippen LogP contribution in [0, 0.1) is 0 Å². The van der Waals surface area contributed by atoms with Gasteiger partial charge in [-0.1, -0.05) is 12.1 Å². The van der Waals surface area contributed by atoms with Gasteiger partial charge in [0.15, 0.2) is 31.1 Å². The number of ether oxygens (including phenoxy) is 9. The van der Waals surface area contributed by atoms with Crippen LogP contribution in [-0.2, 0) is 58.8 Å². The van der Waals surface area contributed by atoms with Crippen LogP contribution in [0.4, 0.5) is 0 Å². The Kier molecular flexibility index (Phi) is 15.1. The lowest BCUT2D eigenvalue weighted by Gasteiger charge is -2.43. The fraction of sp³-hybridized carbons (Fsp3) is 0.758. The Hall–Kier alpha value is -2.52. The number of hydrogen-bond acceptors (Lipinski definition) is 16. The Morgan fingerprint density at radius 3 is 2.02 bits per heavy atom. The van der Waals surface area contributed by atoms with E-state index >= 15 is 0 Å². The van der Waals surface area contributed by atoms with Gasteiger partial charge < -0.3 is 73.1 Å². The van der Waals surface area contributed by atoms with Crippen molar-refractivity contribution in [2.45, 2.75) is 121 Å². The van der Waals surface area contributed by atoms with E-state index in [0.717, 1.165) is 0 Å². The first-order valence-electron chi connectivity index (χ1n) is 16.8. The first-order valence-corrected chi connectivity index (χ1v) is 16.8. The molecule has 284 valence electrons. The number of hydrogen-bond donors (Lipinski definition) is 5. The number of benzene rings is 1. The second-order valence-corrected chi connectivity index (χ2v) is 12.9. The first-order chi connectivity index (χ1) is 23.8. The molecule has 1 amide bonds. The maximum atomic E-state index is 13.4. The Morgan fingerprint density at radius 1 is 0.800 bits per heavy atom. The average Bonchev–Trinajstić information content (AvgIpc) is 3.58. The molecule has 0 aromatic heterocycles. The molecule has 10 atom stereocenters. The summed E-state index contributed by atoms with van der Waals surface area (Å²) in [7, 11) is 1.53. The van der Waals surface area contributed by atoms with Crippen molar-refractivity contribution in [1.82, 2.24) is 4.90 Å². The van der Waals surface area contributed by atoms with Crippen LogP contribution in [-0.4, -0.2) is 162 Å². The molecule has 1 aromatic rings. The Morgan fingerprint density at radius 2 is 1.38 bits per heavy atom. The van der Waals surface area contributed by atoms with Gasteiger partial charge in [-0.05, 0) is 51.8 Å². The number of aliphatic hydroxyl groups is 4. The van der Waals surface area contributed by atoms with Crippen molar-refractivity contribution >= 4 is 11.9 Å². The summed E-state index contributed by atoms with van der Waals surface area (Å²) < 4.78 is 50.7. The van der Waals surface area contributed by atoms with Crippen molar-refractivity contribution in [2.75, 3.05) is 40.0 Å². The Balaban J connectivity index is 1.35. The molecule has 0 radical (unpaired) electrons. The van der Waals surface area contributed by atoms with Gasteiger partial charge in [-0.2, -0.15) is 0 Å². The Labute approximate surface area is 290 Å². The third kappa shape index (κ3) is 10.8. The third-order valence-corrected chi connectivity index (χ3v) is 8.09. The summed E-state index contributed by atoms with van der Waals surface area (Å²) >= 11 is 0. The molecule has 5 N–H and O–H groups in total. The fourth-order valence-electron chi connectivity index (χ4n) is 5.58.